The van der Waals surface area contributed by atoms with Crippen LogP contribution in [0.3, 0.4) is 0 Å². The van der Waals surface area contributed by atoms with Crippen molar-refractivity contribution in [1.82, 2.24) is 9.97 Å². The Hall–Kier alpha value is -4.16. The van der Waals surface area contributed by atoms with Crippen molar-refractivity contribution >= 4 is 29.2 Å². The molecule has 6 nitrogen and oxygen atoms in total. The average Bonchev–Trinajstić information content (AvgIpc) is 2.78. The molecule has 3 aromatic rings. The summed E-state index contributed by atoms with van der Waals surface area (Å²) in [5, 5.41) is 23.9. The molecular formula is C22H18N6. The van der Waals surface area contributed by atoms with Gasteiger partial charge >= 0.3 is 0 Å². The first kappa shape index (κ1) is 16.0. The lowest BCUT2D eigenvalue weighted by Gasteiger charge is -2.14. The average molecular weight is 368 g/mol. The molecule has 1 heterocycles. The number of nitriles is 2. The van der Waals surface area contributed by atoms with E-state index in [0.717, 1.165) is 11.3 Å². The first-order valence-electron chi connectivity index (χ1n) is 9.76. The Morgan fingerprint density at radius 3 is 2.43 bits per heavy atom. The smallest absolute Gasteiger partial charge is 0.229 e. The summed E-state index contributed by atoms with van der Waals surface area (Å²) >= 11 is 0. The quantitative estimate of drug-likeness (QED) is 0.616. The van der Waals surface area contributed by atoms with E-state index in [2.05, 4.69) is 26.7 Å². The molecule has 3 rings (SSSR count). The number of anilines is 4. The van der Waals surface area contributed by atoms with E-state index in [0.29, 0.717) is 34.1 Å². The minimum absolute atomic E-state index is 0.0188. The topological polar surface area (TPSA) is 97.4 Å². The van der Waals surface area contributed by atoms with Gasteiger partial charge in [-0.3, -0.25) is 0 Å². The maximum Gasteiger partial charge on any atom is 0.229 e. The first-order chi connectivity index (χ1) is 14.7. The summed E-state index contributed by atoms with van der Waals surface area (Å²) in [5.41, 5.74) is 4.17. The summed E-state index contributed by atoms with van der Waals surface area (Å²) in [6.07, 6.45) is 4.63. The van der Waals surface area contributed by atoms with Gasteiger partial charge in [-0.05, 0) is 79.0 Å². The van der Waals surface area contributed by atoms with E-state index in [1.165, 1.54) is 6.08 Å². The number of nitrogens with one attached hydrogen (secondary N) is 2. The van der Waals surface area contributed by atoms with E-state index in [1.54, 1.807) is 42.6 Å². The first-order valence-corrected chi connectivity index (χ1v) is 8.34. The fraction of sp³-hybridized carbons (Fsp3) is 0.0909. The molecule has 0 atom stereocenters. The molecule has 1 aromatic heterocycles. The van der Waals surface area contributed by atoms with Crippen molar-refractivity contribution in [1.29, 1.82) is 10.5 Å². The maximum absolute atomic E-state index is 8.89. The molecule has 0 bridgehead atoms. The summed E-state index contributed by atoms with van der Waals surface area (Å²) in [6, 6.07) is 16.3. The Morgan fingerprint density at radius 2 is 1.79 bits per heavy atom. The summed E-state index contributed by atoms with van der Waals surface area (Å²) in [7, 11) is 0. The van der Waals surface area contributed by atoms with Gasteiger partial charge in [-0.2, -0.15) is 15.5 Å². The van der Waals surface area contributed by atoms with E-state index in [1.807, 2.05) is 18.2 Å². The minimum Gasteiger partial charge on any atom is -0.340 e. The van der Waals surface area contributed by atoms with E-state index in [4.69, 9.17) is 13.3 Å². The fourth-order valence-corrected chi connectivity index (χ4v) is 2.56. The van der Waals surface area contributed by atoms with E-state index in [9.17, 15) is 0 Å². The molecule has 28 heavy (non-hydrogen) atoms. The highest BCUT2D eigenvalue weighted by Crippen LogP contribution is 2.26. The van der Waals surface area contributed by atoms with Crippen LogP contribution in [0.1, 0.15) is 25.0 Å². The van der Waals surface area contributed by atoms with Gasteiger partial charge in [-0.1, -0.05) is 0 Å². The van der Waals surface area contributed by atoms with Gasteiger partial charge in [-0.15, -0.1) is 0 Å². The number of rotatable bonds is 5. The Labute approximate surface area is 166 Å². The second-order valence-corrected chi connectivity index (χ2v) is 5.88. The third-order valence-electron chi connectivity index (χ3n) is 3.85. The zero-order valence-corrected chi connectivity index (χ0v) is 15.0. The van der Waals surface area contributed by atoms with Gasteiger partial charge < -0.3 is 10.6 Å². The predicted molar refractivity (Wildman–Crippen MR) is 110 cm³/mol. The van der Waals surface area contributed by atoms with Gasteiger partial charge in [0.15, 0.2) is 0 Å². The molecule has 0 fully saturated rings. The zero-order chi connectivity index (χ0) is 21.3. The van der Waals surface area contributed by atoms with Crippen molar-refractivity contribution in [2.24, 2.45) is 0 Å². The number of nitrogens with zero attached hydrogens (tertiary/aromatic N) is 4. The van der Waals surface area contributed by atoms with Crippen molar-refractivity contribution in [3.8, 4) is 12.1 Å². The minimum atomic E-state index is 0.0188. The molecule has 0 aliphatic carbocycles. The monoisotopic (exact) mass is 368 g/mol. The molecule has 0 aliphatic rings. The molecule has 0 saturated carbocycles. The lowest BCUT2D eigenvalue weighted by molar-refractivity contribution is 1.16. The number of aromatic nitrogens is 2. The van der Waals surface area contributed by atoms with Gasteiger partial charge in [0.25, 0.3) is 0 Å². The van der Waals surface area contributed by atoms with E-state index in [-0.39, 0.29) is 13.8 Å². The lowest BCUT2D eigenvalue weighted by Crippen LogP contribution is -2.02. The predicted octanol–water partition coefficient (Wildman–Crippen LogP) is 4.99. The Kier molecular flexibility index (Phi) is 4.86. The molecule has 2 N–H and O–H groups in total. The third-order valence-corrected chi connectivity index (χ3v) is 3.85. The van der Waals surface area contributed by atoms with E-state index >= 15 is 0 Å². The number of benzene rings is 2. The van der Waals surface area contributed by atoms with Gasteiger partial charge in [-0.25, -0.2) is 4.98 Å². The van der Waals surface area contributed by atoms with Crippen molar-refractivity contribution in [3.05, 3.63) is 77.0 Å². The Morgan fingerprint density at radius 1 is 1.04 bits per heavy atom. The molecule has 136 valence electrons. The van der Waals surface area contributed by atoms with Crippen molar-refractivity contribution in [2.45, 2.75) is 13.8 Å². The molecule has 0 unspecified atom stereocenters. The molecule has 0 amide bonds. The molecule has 6 heteroatoms. The van der Waals surface area contributed by atoms with Crippen LogP contribution < -0.4 is 10.6 Å². The summed E-state index contributed by atoms with van der Waals surface area (Å²) < 4.78 is 15.7. The fourth-order valence-electron chi connectivity index (χ4n) is 2.56. The van der Waals surface area contributed by atoms with E-state index < -0.39 is 0 Å². The summed E-state index contributed by atoms with van der Waals surface area (Å²) in [6.45, 7) is 0.0377. The maximum atomic E-state index is 8.89. The van der Waals surface area contributed by atoms with Crippen LogP contribution in [0.15, 0.2) is 54.7 Å². The normalized spacial score (nSPS) is 11.2. The number of hydrogen-bond acceptors (Lipinski definition) is 6. The highest BCUT2D eigenvalue weighted by atomic mass is 15.1. The van der Waals surface area contributed by atoms with Gasteiger partial charge in [0.05, 0.1) is 17.7 Å². The summed E-state index contributed by atoms with van der Waals surface area (Å²) in [5.74, 6) is 0.893. The molecule has 0 aliphatic heterocycles. The summed E-state index contributed by atoms with van der Waals surface area (Å²) in [4.78, 5) is 8.66. The standard InChI is InChI=1S/C22H18N6/c1-15-12-18(4-3-10-23)13-16(2)21(15)27-20-9-11-25-22(28-20)26-19-7-5-17(14-24)6-8-19/h3-9,11-13H,1-2H3,(H2,25,26,27,28)/b4-3+/i1D,2D. The Balaban J connectivity index is 1.87. The third kappa shape index (κ3) is 4.51. The zero-order valence-electron chi connectivity index (χ0n) is 17.0. The van der Waals surface area contributed by atoms with Crippen molar-refractivity contribution < 1.29 is 2.74 Å². The molecule has 2 aromatic carbocycles. The SMILES string of the molecule is [2H]Cc1cc(/C=C/C#N)cc(C[2H])c1Nc1ccnc(Nc2ccc(C#N)cc2)n1. The number of aryl methyl sites for hydroxylation is 2. The van der Waals surface area contributed by atoms with Crippen LogP contribution in [0.25, 0.3) is 6.08 Å². The van der Waals surface area contributed by atoms with Crippen LogP contribution in [-0.4, -0.2) is 9.97 Å². The van der Waals surface area contributed by atoms with Gasteiger partial charge in [0.2, 0.25) is 5.95 Å². The van der Waals surface area contributed by atoms with Crippen LogP contribution in [0.2, 0.25) is 0 Å². The molecule has 0 spiro atoms. The van der Waals surface area contributed by atoms with Gasteiger partial charge in [0, 0.05) is 26.4 Å². The lowest BCUT2D eigenvalue weighted by atomic mass is 10.0. The second-order valence-electron chi connectivity index (χ2n) is 5.88. The van der Waals surface area contributed by atoms with Crippen molar-refractivity contribution in [2.75, 3.05) is 10.6 Å². The Bertz CT molecular complexity index is 1120. The van der Waals surface area contributed by atoms with Crippen LogP contribution in [-0.2, 0) is 0 Å². The largest absolute Gasteiger partial charge is 0.340 e. The molecular weight excluding hydrogens is 348 g/mol. The number of hydrogen-bond donors (Lipinski definition) is 2. The highest BCUT2D eigenvalue weighted by Gasteiger charge is 2.07. The second kappa shape index (κ2) is 8.48. The van der Waals surface area contributed by atoms with Crippen molar-refractivity contribution in [3.63, 3.8) is 0 Å². The van der Waals surface area contributed by atoms with Crippen LogP contribution >= 0.6 is 0 Å². The van der Waals surface area contributed by atoms with Crippen LogP contribution in [0.4, 0.5) is 23.1 Å². The molecule has 0 radical (unpaired) electrons. The highest BCUT2D eigenvalue weighted by molar-refractivity contribution is 5.69. The molecule has 0 saturated heterocycles. The van der Waals surface area contributed by atoms with Crippen LogP contribution in [0, 0.1) is 36.5 Å². The number of allylic oxidation sites excluding steroid dienone is 1. The van der Waals surface area contributed by atoms with Crippen LogP contribution in [0.5, 0.6) is 0 Å². The van der Waals surface area contributed by atoms with Gasteiger partial charge in [0.1, 0.15) is 5.82 Å².